The quantitative estimate of drug-likeness (QED) is 0.206. The number of fused-ring (bicyclic) bond motifs is 8. The second-order valence-electron chi connectivity index (χ2n) is 9.33. The van der Waals surface area contributed by atoms with Gasteiger partial charge in [-0.2, -0.15) is 0 Å². The maximum absolute atomic E-state index is 2.56. The smallest absolute Gasteiger partial charge is 0.0726 e. The molecule has 3 heterocycles. The number of nitrogens with zero attached hydrogens (tertiary/aromatic N) is 1. The molecule has 6 aromatic carbocycles. The molecule has 9 aromatic rings. The summed E-state index contributed by atoms with van der Waals surface area (Å²) in [6, 6.07) is 38.1. The van der Waals surface area contributed by atoms with Crippen LogP contribution < -0.4 is 0 Å². The summed E-state index contributed by atoms with van der Waals surface area (Å²) in [5, 5.41) is 10.8. The second-order valence-corrected chi connectivity index (χ2v) is 11.4. The molecule has 0 amide bonds. The van der Waals surface area contributed by atoms with E-state index in [0.29, 0.717) is 0 Å². The highest BCUT2D eigenvalue weighted by Crippen LogP contribution is 2.50. The molecule has 9 rings (SSSR count). The molecule has 3 heteroatoms. The van der Waals surface area contributed by atoms with Crippen LogP contribution in [0.2, 0.25) is 0 Å². The molecule has 0 atom stereocenters. The van der Waals surface area contributed by atoms with Crippen LogP contribution in [0.3, 0.4) is 0 Å². The maximum atomic E-state index is 2.56. The van der Waals surface area contributed by atoms with E-state index in [1.54, 1.807) is 0 Å². The third kappa shape index (κ3) is 2.23. The van der Waals surface area contributed by atoms with Crippen molar-refractivity contribution in [2.24, 2.45) is 0 Å². The van der Waals surface area contributed by atoms with Crippen LogP contribution in [0.4, 0.5) is 0 Å². The van der Waals surface area contributed by atoms with Gasteiger partial charge in [-0.25, -0.2) is 0 Å². The summed E-state index contributed by atoms with van der Waals surface area (Å²) in [6.45, 7) is 0. The molecular formula is C32H17NS2. The molecule has 0 aliphatic carbocycles. The van der Waals surface area contributed by atoms with Gasteiger partial charge in [0.15, 0.2) is 0 Å². The van der Waals surface area contributed by atoms with Crippen LogP contribution in [-0.4, -0.2) is 4.57 Å². The zero-order valence-corrected chi connectivity index (χ0v) is 20.2. The number of hydrogen-bond acceptors (Lipinski definition) is 2. The van der Waals surface area contributed by atoms with Gasteiger partial charge < -0.3 is 4.57 Å². The molecule has 0 saturated heterocycles. The van der Waals surface area contributed by atoms with Crippen LogP contribution in [-0.2, 0) is 0 Å². The maximum Gasteiger partial charge on any atom is 0.0726 e. The van der Waals surface area contributed by atoms with E-state index in [9.17, 15) is 0 Å². The lowest BCUT2D eigenvalue weighted by molar-refractivity contribution is 1.20. The fraction of sp³-hybridized carbons (Fsp3) is 0. The Kier molecular flexibility index (Phi) is 3.36. The molecule has 0 bridgehead atoms. The summed E-state index contributed by atoms with van der Waals surface area (Å²) in [5.41, 5.74) is 3.91. The molecule has 0 aliphatic rings. The average molecular weight is 480 g/mol. The van der Waals surface area contributed by atoms with Crippen LogP contribution in [0.5, 0.6) is 0 Å². The largest absolute Gasteiger partial charge is 0.306 e. The van der Waals surface area contributed by atoms with Crippen LogP contribution in [0.15, 0.2) is 103 Å². The van der Waals surface area contributed by atoms with Gasteiger partial charge in [-0.05, 0) is 47.2 Å². The Morgan fingerprint density at radius 2 is 0.943 bits per heavy atom. The van der Waals surface area contributed by atoms with Gasteiger partial charge in [0.2, 0.25) is 0 Å². The van der Waals surface area contributed by atoms with E-state index < -0.39 is 0 Å². The first-order valence-electron chi connectivity index (χ1n) is 11.9. The molecule has 3 aromatic heterocycles. The fourth-order valence-electron chi connectivity index (χ4n) is 6.07. The van der Waals surface area contributed by atoms with Crippen molar-refractivity contribution in [1.82, 2.24) is 4.57 Å². The van der Waals surface area contributed by atoms with Gasteiger partial charge in [-0.15, -0.1) is 22.7 Å². The van der Waals surface area contributed by atoms with Gasteiger partial charge in [0, 0.05) is 47.4 Å². The highest BCUT2D eigenvalue weighted by atomic mass is 32.1. The van der Waals surface area contributed by atoms with Crippen molar-refractivity contribution >= 4 is 95.6 Å². The van der Waals surface area contributed by atoms with Crippen molar-refractivity contribution in [3.05, 3.63) is 103 Å². The first-order chi connectivity index (χ1) is 17.4. The predicted molar refractivity (Wildman–Crippen MR) is 155 cm³/mol. The van der Waals surface area contributed by atoms with Crippen LogP contribution >= 0.6 is 22.7 Å². The number of hydrogen-bond donors (Lipinski definition) is 0. The molecule has 0 spiro atoms. The lowest BCUT2D eigenvalue weighted by Gasteiger charge is -2.09. The van der Waals surface area contributed by atoms with Gasteiger partial charge in [0.05, 0.1) is 20.4 Å². The summed E-state index contributed by atoms with van der Waals surface area (Å²) >= 11 is 3.85. The number of thiophene rings is 2. The van der Waals surface area contributed by atoms with Crippen molar-refractivity contribution in [2.75, 3.05) is 0 Å². The van der Waals surface area contributed by atoms with Gasteiger partial charge in [-0.1, -0.05) is 66.7 Å². The zero-order chi connectivity index (χ0) is 22.7. The number of para-hydroxylation sites is 1. The van der Waals surface area contributed by atoms with Gasteiger partial charge in [0.25, 0.3) is 0 Å². The van der Waals surface area contributed by atoms with E-state index in [1.807, 2.05) is 22.7 Å². The summed E-state index contributed by atoms with van der Waals surface area (Å²) in [4.78, 5) is 0. The third-order valence-electron chi connectivity index (χ3n) is 7.50. The molecule has 0 fully saturated rings. The number of rotatable bonds is 1. The zero-order valence-electron chi connectivity index (χ0n) is 18.6. The minimum Gasteiger partial charge on any atom is -0.306 e. The van der Waals surface area contributed by atoms with Gasteiger partial charge in [0.1, 0.15) is 0 Å². The number of aromatic nitrogens is 1. The monoisotopic (exact) mass is 479 g/mol. The van der Waals surface area contributed by atoms with Gasteiger partial charge >= 0.3 is 0 Å². The van der Waals surface area contributed by atoms with Crippen LogP contribution in [0.25, 0.3) is 78.6 Å². The fourth-order valence-corrected chi connectivity index (χ4v) is 8.51. The van der Waals surface area contributed by atoms with E-state index in [4.69, 9.17) is 0 Å². The topological polar surface area (TPSA) is 4.93 Å². The SMILES string of the molecule is c1ccc(-n2c3c4sc5ccccc5c4cc4ccc5cc6c7ccccc7sc6c2c5c43)cc1. The lowest BCUT2D eigenvalue weighted by atomic mass is 9.98. The molecule has 35 heavy (non-hydrogen) atoms. The van der Waals surface area contributed by atoms with Crippen molar-refractivity contribution in [3.8, 4) is 5.69 Å². The molecule has 0 radical (unpaired) electrons. The minimum absolute atomic E-state index is 1.22. The highest BCUT2D eigenvalue weighted by Gasteiger charge is 2.24. The Bertz CT molecular complexity index is 2120. The van der Waals surface area contributed by atoms with E-state index in [1.165, 1.54) is 78.6 Å². The molecule has 0 saturated carbocycles. The Morgan fingerprint density at radius 1 is 0.457 bits per heavy atom. The first kappa shape index (κ1) is 18.4. The van der Waals surface area contributed by atoms with Crippen molar-refractivity contribution in [3.63, 3.8) is 0 Å². The Labute approximate surface area is 208 Å². The van der Waals surface area contributed by atoms with Crippen molar-refractivity contribution in [2.45, 2.75) is 0 Å². The van der Waals surface area contributed by atoms with E-state index >= 15 is 0 Å². The number of benzene rings is 6. The highest BCUT2D eigenvalue weighted by molar-refractivity contribution is 7.27. The molecule has 0 N–H and O–H groups in total. The van der Waals surface area contributed by atoms with E-state index in [2.05, 4.69) is 108 Å². The molecule has 0 unspecified atom stereocenters. The minimum atomic E-state index is 1.22. The summed E-state index contributed by atoms with van der Waals surface area (Å²) in [6.07, 6.45) is 0. The van der Waals surface area contributed by atoms with Crippen molar-refractivity contribution in [1.29, 1.82) is 0 Å². The lowest BCUT2D eigenvalue weighted by Crippen LogP contribution is -1.93. The Hall–Kier alpha value is -3.92. The first-order valence-corrected chi connectivity index (χ1v) is 13.5. The normalized spacial score (nSPS) is 12.6. The van der Waals surface area contributed by atoms with E-state index in [0.717, 1.165) is 0 Å². The van der Waals surface area contributed by atoms with Crippen LogP contribution in [0.1, 0.15) is 0 Å². The summed E-state index contributed by atoms with van der Waals surface area (Å²) in [7, 11) is 0. The molecule has 162 valence electrons. The van der Waals surface area contributed by atoms with Gasteiger partial charge in [-0.3, -0.25) is 0 Å². The predicted octanol–water partition coefficient (Wildman–Crippen LogP) is 10.1. The molecular weight excluding hydrogens is 462 g/mol. The Balaban J connectivity index is 1.67. The average Bonchev–Trinajstić information content (AvgIpc) is 3.58. The second kappa shape index (κ2) is 6.39. The molecule has 1 nitrogen and oxygen atoms in total. The van der Waals surface area contributed by atoms with Crippen LogP contribution in [0, 0.1) is 0 Å². The summed E-state index contributed by atoms with van der Waals surface area (Å²) < 4.78 is 8.00. The van der Waals surface area contributed by atoms with Crippen molar-refractivity contribution < 1.29 is 0 Å². The Morgan fingerprint density at radius 3 is 1.49 bits per heavy atom. The summed E-state index contributed by atoms with van der Waals surface area (Å²) in [5.74, 6) is 0. The van der Waals surface area contributed by atoms with E-state index in [-0.39, 0.29) is 0 Å². The standard InChI is InChI=1S/C32H17NS2/c1-2-8-20(9-3-1)33-29-27-18(16-23-21-10-4-6-12-25(21)34-31(23)29)14-15-19-17-24-22-11-5-7-13-26(22)35-32(24)30(33)28(19)27/h1-17H. The molecule has 0 aliphatic heterocycles. The third-order valence-corrected chi connectivity index (χ3v) is 9.89.